The number of likely N-dealkylation sites (N-methyl/N-ethyl adjacent to an activating group) is 1. The van der Waals surface area contributed by atoms with E-state index in [4.69, 9.17) is 4.74 Å². The fourth-order valence-corrected chi connectivity index (χ4v) is 1.47. The van der Waals surface area contributed by atoms with E-state index in [1.807, 2.05) is 30.3 Å². The Hall–Kier alpha value is -2.08. The molecule has 0 aromatic heterocycles. The molecule has 0 unspecified atom stereocenters. The molecule has 2 amide bonds. The highest BCUT2D eigenvalue weighted by Gasteiger charge is 2.20. The molecule has 1 N–H and O–H groups in total. The Morgan fingerprint density at radius 3 is 2.55 bits per heavy atom. The molecule has 0 bridgehead atoms. The van der Waals surface area contributed by atoms with Crippen molar-refractivity contribution < 1.29 is 19.1 Å². The number of carbonyl (C=O) groups is 2. The van der Waals surface area contributed by atoms with Crippen molar-refractivity contribution in [2.75, 3.05) is 27.3 Å². The van der Waals surface area contributed by atoms with E-state index >= 15 is 0 Å². The average Bonchev–Trinajstić information content (AvgIpc) is 2.47. The van der Waals surface area contributed by atoms with Gasteiger partial charge in [-0.3, -0.25) is 15.0 Å². The molecule has 1 rings (SSSR count). The summed E-state index contributed by atoms with van der Waals surface area (Å²) in [6.07, 6.45) is -0.754. The Labute approximate surface area is 118 Å². The molecule has 1 aromatic carbocycles. The van der Waals surface area contributed by atoms with Crippen LogP contribution in [-0.2, 0) is 9.53 Å². The molecule has 0 spiro atoms. The number of methoxy groups -OCH3 is 1. The SMILES string of the molecule is COC(=O)NC(=O)[C@H](C)N(C)CCOc1ccccc1. The van der Waals surface area contributed by atoms with E-state index in [-0.39, 0.29) is 0 Å². The van der Waals surface area contributed by atoms with Crippen LogP contribution in [0.2, 0.25) is 0 Å². The Morgan fingerprint density at radius 2 is 1.95 bits per heavy atom. The van der Waals surface area contributed by atoms with Gasteiger partial charge in [-0.05, 0) is 26.1 Å². The minimum Gasteiger partial charge on any atom is -0.492 e. The lowest BCUT2D eigenvalue weighted by molar-refractivity contribution is -0.124. The maximum atomic E-state index is 11.7. The monoisotopic (exact) mass is 280 g/mol. The van der Waals surface area contributed by atoms with Gasteiger partial charge in [0.25, 0.3) is 0 Å². The van der Waals surface area contributed by atoms with E-state index in [0.29, 0.717) is 13.2 Å². The van der Waals surface area contributed by atoms with Crippen LogP contribution in [0.3, 0.4) is 0 Å². The Bertz CT molecular complexity index is 436. The molecule has 1 atom stereocenters. The predicted octanol–water partition coefficient (Wildman–Crippen LogP) is 1.27. The molecule has 0 aliphatic rings. The number of para-hydroxylation sites is 1. The molecular formula is C14H20N2O4. The lowest BCUT2D eigenvalue weighted by atomic mass is 10.3. The first-order valence-electron chi connectivity index (χ1n) is 6.31. The second-order valence-corrected chi connectivity index (χ2v) is 4.30. The minimum atomic E-state index is -0.754. The minimum absolute atomic E-state index is 0.404. The smallest absolute Gasteiger partial charge is 0.413 e. The molecule has 110 valence electrons. The van der Waals surface area contributed by atoms with Gasteiger partial charge in [-0.15, -0.1) is 0 Å². The van der Waals surface area contributed by atoms with Crippen molar-refractivity contribution >= 4 is 12.0 Å². The van der Waals surface area contributed by atoms with Crippen molar-refractivity contribution in [2.45, 2.75) is 13.0 Å². The van der Waals surface area contributed by atoms with Crippen LogP contribution < -0.4 is 10.1 Å². The van der Waals surface area contributed by atoms with Gasteiger partial charge < -0.3 is 9.47 Å². The Morgan fingerprint density at radius 1 is 1.30 bits per heavy atom. The van der Waals surface area contributed by atoms with Crippen LogP contribution >= 0.6 is 0 Å². The van der Waals surface area contributed by atoms with Gasteiger partial charge in [0.2, 0.25) is 5.91 Å². The summed E-state index contributed by atoms with van der Waals surface area (Å²) in [7, 11) is 3.00. The van der Waals surface area contributed by atoms with Gasteiger partial charge in [-0.25, -0.2) is 4.79 Å². The molecule has 6 heteroatoms. The van der Waals surface area contributed by atoms with Crippen molar-refractivity contribution in [3.05, 3.63) is 30.3 Å². The van der Waals surface area contributed by atoms with Crippen LogP contribution in [-0.4, -0.2) is 50.3 Å². The molecule has 0 saturated heterocycles. The first kappa shape index (κ1) is 16.0. The standard InChI is InChI=1S/C14H20N2O4/c1-11(13(17)15-14(18)19-3)16(2)9-10-20-12-7-5-4-6-8-12/h4-8,11H,9-10H2,1-3H3,(H,15,17,18)/t11-/m0/s1. The third-order valence-corrected chi connectivity index (χ3v) is 2.91. The van der Waals surface area contributed by atoms with Crippen LogP contribution in [0.4, 0.5) is 4.79 Å². The van der Waals surface area contributed by atoms with E-state index < -0.39 is 18.0 Å². The number of benzene rings is 1. The highest BCUT2D eigenvalue weighted by atomic mass is 16.5. The molecule has 0 aliphatic carbocycles. The molecular weight excluding hydrogens is 260 g/mol. The summed E-state index contributed by atoms with van der Waals surface area (Å²) in [4.78, 5) is 24.4. The zero-order chi connectivity index (χ0) is 15.0. The van der Waals surface area contributed by atoms with E-state index in [2.05, 4.69) is 10.1 Å². The average molecular weight is 280 g/mol. The second-order valence-electron chi connectivity index (χ2n) is 4.30. The van der Waals surface area contributed by atoms with Gasteiger partial charge in [0.15, 0.2) is 0 Å². The predicted molar refractivity (Wildman–Crippen MR) is 74.6 cm³/mol. The molecule has 1 aromatic rings. The van der Waals surface area contributed by atoms with Crippen molar-refractivity contribution in [1.29, 1.82) is 0 Å². The van der Waals surface area contributed by atoms with Crippen LogP contribution in [0.15, 0.2) is 30.3 Å². The zero-order valence-corrected chi connectivity index (χ0v) is 12.0. The van der Waals surface area contributed by atoms with Crippen molar-refractivity contribution in [1.82, 2.24) is 10.2 Å². The van der Waals surface area contributed by atoms with E-state index in [1.54, 1.807) is 18.9 Å². The topological polar surface area (TPSA) is 67.9 Å². The largest absolute Gasteiger partial charge is 0.492 e. The molecule has 0 fully saturated rings. The summed E-state index contributed by atoms with van der Waals surface area (Å²) in [6.45, 7) is 2.72. The number of hydrogen-bond donors (Lipinski definition) is 1. The normalized spacial score (nSPS) is 11.8. The van der Waals surface area contributed by atoms with E-state index in [1.165, 1.54) is 7.11 Å². The van der Waals surface area contributed by atoms with Crippen LogP contribution in [0, 0.1) is 0 Å². The van der Waals surface area contributed by atoms with Crippen LogP contribution in [0.1, 0.15) is 6.92 Å². The summed E-state index contributed by atoms with van der Waals surface area (Å²) in [5.74, 6) is 0.381. The molecule has 0 saturated carbocycles. The third-order valence-electron chi connectivity index (χ3n) is 2.91. The van der Waals surface area contributed by atoms with Crippen LogP contribution in [0.25, 0.3) is 0 Å². The summed E-state index contributed by atoms with van der Waals surface area (Å²) in [5, 5.41) is 2.14. The molecule has 20 heavy (non-hydrogen) atoms. The number of alkyl carbamates (subject to hydrolysis) is 1. The Balaban J connectivity index is 2.32. The van der Waals surface area contributed by atoms with Crippen molar-refractivity contribution in [3.8, 4) is 5.75 Å². The second kappa shape index (κ2) is 8.16. The number of rotatable bonds is 6. The highest BCUT2D eigenvalue weighted by molar-refractivity contribution is 5.94. The number of nitrogens with zero attached hydrogens (tertiary/aromatic N) is 1. The molecule has 0 aliphatic heterocycles. The summed E-state index contributed by atoms with van der Waals surface area (Å²) in [6, 6.07) is 8.99. The van der Waals surface area contributed by atoms with Gasteiger partial charge in [-0.2, -0.15) is 0 Å². The Kier molecular flexibility index (Phi) is 6.52. The summed E-state index contributed by atoms with van der Waals surface area (Å²) in [5.41, 5.74) is 0. The number of imide groups is 1. The van der Waals surface area contributed by atoms with Crippen molar-refractivity contribution in [2.24, 2.45) is 0 Å². The molecule has 0 radical (unpaired) electrons. The molecule has 6 nitrogen and oxygen atoms in total. The first-order valence-corrected chi connectivity index (χ1v) is 6.31. The van der Waals surface area contributed by atoms with E-state index in [9.17, 15) is 9.59 Å². The van der Waals surface area contributed by atoms with E-state index in [0.717, 1.165) is 5.75 Å². The zero-order valence-electron chi connectivity index (χ0n) is 12.0. The lowest BCUT2D eigenvalue weighted by Crippen LogP contribution is -2.46. The molecule has 0 heterocycles. The van der Waals surface area contributed by atoms with Crippen molar-refractivity contribution in [3.63, 3.8) is 0 Å². The van der Waals surface area contributed by atoms with Gasteiger partial charge >= 0.3 is 6.09 Å². The van der Waals surface area contributed by atoms with Gasteiger partial charge in [-0.1, -0.05) is 18.2 Å². The van der Waals surface area contributed by atoms with Gasteiger partial charge in [0.1, 0.15) is 12.4 Å². The number of nitrogens with one attached hydrogen (secondary N) is 1. The third kappa shape index (κ3) is 5.27. The highest BCUT2D eigenvalue weighted by Crippen LogP contribution is 2.08. The number of amides is 2. The summed E-state index contributed by atoms with van der Waals surface area (Å²) >= 11 is 0. The fraction of sp³-hybridized carbons (Fsp3) is 0.429. The van der Waals surface area contributed by atoms with Crippen LogP contribution in [0.5, 0.6) is 5.75 Å². The fourth-order valence-electron chi connectivity index (χ4n) is 1.47. The quantitative estimate of drug-likeness (QED) is 0.850. The van der Waals surface area contributed by atoms with Gasteiger partial charge in [0, 0.05) is 6.54 Å². The lowest BCUT2D eigenvalue weighted by Gasteiger charge is -2.23. The number of ether oxygens (including phenoxy) is 2. The maximum Gasteiger partial charge on any atom is 0.413 e. The number of hydrogen-bond acceptors (Lipinski definition) is 5. The maximum absolute atomic E-state index is 11.7. The first-order chi connectivity index (χ1) is 9.54. The summed E-state index contributed by atoms with van der Waals surface area (Å²) < 4.78 is 9.92. The van der Waals surface area contributed by atoms with Gasteiger partial charge in [0.05, 0.1) is 13.2 Å². The number of carbonyl (C=O) groups excluding carboxylic acids is 2.